The van der Waals surface area contributed by atoms with Gasteiger partial charge in [0.1, 0.15) is 38.4 Å². The van der Waals surface area contributed by atoms with Gasteiger partial charge in [0.05, 0.1) is 28.6 Å². The highest BCUT2D eigenvalue weighted by Gasteiger charge is 2.22. The topological polar surface area (TPSA) is 484 Å². The Balaban J connectivity index is 0.00000138. The molecule has 0 atom stereocenters. The first-order valence-electron chi connectivity index (χ1n) is 21.9. The minimum atomic E-state index is -4.64. The molecule has 422 valence electrons. The van der Waals surface area contributed by atoms with Crippen molar-refractivity contribution in [3.05, 3.63) is 119 Å². The maximum absolute atomic E-state index is 13.9. The van der Waals surface area contributed by atoms with Crippen LogP contribution in [0.1, 0.15) is 22.5 Å². The Kier molecular flexibility index (Phi) is 20.9. The second-order valence-electron chi connectivity index (χ2n) is 16.1. The minimum Gasteiger partial charge on any atom is -0.399 e. The Morgan fingerprint density at radius 3 is 1.44 bits per heavy atom. The summed E-state index contributed by atoms with van der Waals surface area (Å²) in [6, 6.07) is 21.6. The summed E-state index contributed by atoms with van der Waals surface area (Å²) < 4.78 is 146. The van der Waals surface area contributed by atoms with Crippen LogP contribution in [-0.4, -0.2) is 114 Å². The lowest BCUT2D eigenvalue weighted by molar-refractivity contribution is 0.282. The van der Waals surface area contributed by atoms with Crippen LogP contribution >= 0.6 is 11.6 Å². The Bertz CT molecular complexity index is 4110. The van der Waals surface area contributed by atoms with Crippen LogP contribution in [0, 0.1) is 20.8 Å². The summed E-state index contributed by atoms with van der Waals surface area (Å²) in [5.74, 6) is -0.319. The van der Waals surface area contributed by atoms with Crippen molar-refractivity contribution in [2.45, 2.75) is 42.1 Å². The largest absolute Gasteiger partial charge is 0.425 e. The first kappa shape index (κ1) is 62.2. The highest BCUT2D eigenvalue weighted by molar-refractivity contribution is 7.91. The standard InChI is InChI=1S/C43H43ClN16O9S3.2O3S/c1-23-5-11-32(37(17-23)71(64,65)66)58-56-30-13-8-27(45)19-35(30)50-40-47-25(3)48-43(55-40)60(4)15-16-70(62,63)29-10-7-26(22-61)34(21-29)49-41-52-39(44)53-42(54-41)51-36-20-28(46)9-14-31(36)57-59-33-12-6-24(2)18-38(33)72(67,68)69;2*1-4(2)3/h5-14,17-21,61H,15-16,22,45-46H2,1-4H3,(H,64,65,66)(H,67,68,69)(H,47,48,50,55)(H2,49,51,52,53,54);;. The SMILES string of the molecule is Cc1ccc(N=Nc2ccc(N)cc2Nc2nc(Cl)nc(Nc3cc(S(=O)(=O)CCN(C)c4nc(C)nc(Nc5cc(N)ccc5N=Nc5ccc(C)cc5S(=O)(=O)O)n4)ccc3CO)n2)c(S(=O)(=O)O)c1.O=S(=O)=O.O=S(=O)=O. The molecule has 0 aliphatic heterocycles. The number of azo groups is 2. The van der Waals surface area contributed by atoms with Crippen molar-refractivity contribution in [3.8, 4) is 0 Å². The van der Waals surface area contributed by atoms with Crippen molar-refractivity contribution in [2.24, 2.45) is 20.5 Å². The average Bonchev–Trinajstić information content (AvgIpc) is 3.35. The first-order valence-corrected chi connectivity index (χ1v) is 28.8. The van der Waals surface area contributed by atoms with E-state index in [-0.39, 0.29) is 97.4 Å². The molecule has 2 heterocycles. The number of benzene rings is 5. The number of nitrogen functional groups attached to an aromatic ring is 2. The summed E-state index contributed by atoms with van der Waals surface area (Å²) in [5, 5.41) is 35.2. The molecule has 31 nitrogen and oxygen atoms in total. The number of anilines is 9. The highest BCUT2D eigenvalue weighted by Crippen LogP contribution is 2.36. The fraction of sp³-hybridized carbons (Fsp3) is 0.163. The van der Waals surface area contributed by atoms with Crippen molar-refractivity contribution in [2.75, 3.05) is 51.7 Å². The van der Waals surface area contributed by atoms with Gasteiger partial charge in [-0.05, 0) is 116 Å². The first-order chi connectivity index (χ1) is 37.4. The van der Waals surface area contributed by atoms with Crippen molar-refractivity contribution < 1.29 is 64.7 Å². The molecule has 0 fully saturated rings. The summed E-state index contributed by atoms with van der Waals surface area (Å²) in [5.41, 5.74) is 14.9. The highest BCUT2D eigenvalue weighted by atomic mass is 35.5. The molecule has 37 heteroatoms. The molecule has 0 radical (unpaired) electrons. The quantitative estimate of drug-likeness (QED) is 0.0288. The van der Waals surface area contributed by atoms with E-state index < -0.39 is 73.4 Å². The molecule has 80 heavy (non-hydrogen) atoms. The van der Waals surface area contributed by atoms with Gasteiger partial charge >= 0.3 is 21.2 Å². The van der Waals surface area contributed by atoms with Crippen LogP contribution in [0.3, 0.4) is 0 Å². The van der Waals surface area contributed by atoms with E-state index in [1.165, 1.54) is 77.7 Å². The van der Waals surface area contributed by atoms with Crippen LogP contribution in [0.2, 0.25) is 5.28 Å². The van der Waals surface area contributed by atoms with Gasteiger partial charge in [-0.25, -0.2) is 8.42 Å². The van der Waals surface area contributed by atoms with Crippen molar-refractivity contribution in [3.63, 3.8) is 0 Å². The molecule has 7 rings (SSSR count). The van der Waals surface area contributed by atoms with E-state index in [4.69, 9.17) is 48.3 Å². The summed E-state index contributed by atoms with van der Waals surface area (Å²) >= 11 is 6.30. The van der Waals surface area contributed by atoms with Gasteiger partial charge in [-0.1, -0.05) is 18.2 Å². The van der Waals surface area contributed by atoms with Crippen molar-refractivity contribution in [1.29, 1.82) is 0 Å². The third-order valence-corrected chi connectivity index (χ3v) is 13.7. The van der Waals surface area contributed by atoms with E-state index in [0.29, 0.717) is 16.8 Å². The molecule has 0 aliphatic rings. The predicted molar refractivity (Wildman–Crippen MR) is 288 cm³/mol. The van der Waals surface area contributed by atoms with Crippen LogP contribution < -0.4 is 32.3 Å². The van der Waals surface area contributed by atoms with Crippen LogP contribution in [0.5, 0.6) is 0 Å². The number of nitrogens with zero attached hydrogens (tertiary/aromatic N) is 11. The molecular weight excluding hydrogens is 1180 g/mol. The maximum Gasteiger partial charge on any atom is 0.425 e. The van der Waals surface area contributed by atoms with Gasteiger partial charge < -0.3 is 37.4 Å². The summed E-state index contributed by atoms with van der Waals surface area (Å²) in [4.78, 5) is 26.3. The minimum absolute atomic E-state index is 0.0316. The van der Waals surface area contributed by atoms with Crippen LogP contribution in [0.4, 0.5) is 75.0 Å². The Morgan fingerprint density at radius 1 is 0.562 bits per heavy atom. The number of rotatable bonds is 18. The Labute approximate surface area is 463 Å². The lowest BCUT2D eigenvalue weighted by Crippen LogP contribution is -2.27. The van der Waals surface area contributed by atoms with E-state index in [0.717, 1.165) is 0 Å². The third kappa shape index (κ3) is 18.5. The average molecular weight is 1220 g/mol. The molecular formula is C43H43ClN16O15S5. The molecule has 0 bridgehead atoms. The molecule has 7 aromatic rings. The lowest BCUT2D eigenvalue weighted by atomic mass is 10.2. The number of aromatic nitrogens is 6. The number of halogens is 1. The zero-order valence-corrected chi connectivity index (χ0v) is 46.4. The lowest BCUT2D eigenvalue weighted by Gasteiger charge is -2.19. The number of aliphatic hydroxyl groups excluding tert-OH is 1. The summed E-state index contributed by atoms with van der Waals surface area (Å²) in [6.45, 7) is 4.29. The van der Waals surface area contributed by atoms with Gasteiger partial charge in [-0.3, -0.25) is 9.11 Å². The number of aliphatic hydroxyl groups is 1. The second-order valence-corrected chi connectivity index (χ2v) is 22.1. The normalized spacial score (nSPS) is 11.5. The fourth-order valence-electron chi connectivity index (χ4n) is 6.51. The number of hydrogen-bond donors (Lipinski definition) is 8. The van der Waals surface area contributed by atoms with E-state index >= 15 is 0 Å². The number of nitrogens with two attached hydrogens (primary N) is 2. The number of sulfone groups is 1. The summed E-state index contributed by atoms with van der Waals surface area (Å²) in [7, 11) is -17.9. The van der Waals surface area contributed by atoms with Crippen molar-refractivity contribution in [1.82, 2.24) is 29.9 Å². The van der Waals surface area contributed by atoms with Crippen LogP contribution in [0.25, 0.3) is 0 Å². The fourth-order valence-corrected chi connectivity index (χ4v) is 9.41. The maximum atomic E-state index is 13.9. The molecule has 5 aromatic carbocycles. The molecule has 10 N–H and O–H groups in total. The van der Waals surface area contributed by atoms with Gasteiger partial charge in [-0.2, -0.15) is 46.7 Å². The van der Waals surface area contributed by atoms with Crippen LogP contribution in [-0.2, 0) is 57.9 Å². The number of aryl methyl sites for hydroxylation is 3. The van der Waals surface area contributed by atoms with Gasteiger partial charge in [0.25, 0.3) is 20.2 Å². The third-order valence-electron chi connectivity index (χ3n) is 10.1. The van der Waals surface area contributed by atoms with Gasteiger partial charge in [0, 0.05) is 36.2 Å². The molecule has 0 unspecified atom stereocenters. The van der Waals surface area contributed by atoms with E-state index in [9.17, 15) is 39.5 Å². The van der Waals surface area contributed by atoms with E-state index in [1.807, 2.05) is 0 Å². The Hall–Kier alpha value is -8.62. The molecule has 0 spiro atoms. The monoisotopic (exact) mass is 1220 g/mol. The number of hydrogen-bond acceptors (Lipinski definition) is 29. The van der Waals surface area contributed by atoms with Crippen molar-refractivity contribution >= 4 is 138 Å². The van der Waals surface area contributed by atoms with Gasteiger partial charge in [0.2, 0.25) is 29.1 Å². The second kappa shape index (κ2) is 26.8. The smallest absolute Gasteiger partial charge is 0.399 e. The van der Waals surface area contributed by atoms with Gasteiger partial charge in [0.15, 0.2) is 9.84 Å². The van der Waals surface area contributed by atoms with Gasteiger partial charge in [-0.15, -0.1) is 45.7 Å². The zero-order chi connectivity index (χ0) is 59.3. The summed E-state index contributed by atoms with van der Waals surface area (Å²) in [6.07, 6.45) is 0. The van der Waals surface area contributed by atoms with E-state index in [2.05, 4.69) is 66.3 Å². The molecule has 0 aliphatic carbocycles. The molecule has 2 aromatic heterocycles. The predicted octanol–water partition coefficient (Wildman–Crippen LogP) is 5.75. The molecule has 0 saturated carbocycles. The molecule has 0 amide bonds. The zero-order valence-electron chi connectivity index (χ0n) is 41.5. The molecule has 0 saturated heterocycles. The Morgan fingerprint density at radius 2 is 0.988 bits per heavy atom. The van der Waals surface area contributed by atoms with Crippen LogP contribution in [0.15, 0.2) is 126 Å². The number of nitrogens with one attached hydrogen (secondary N) is 3. The van der Waals surface area contributed by atoms with E-state index in [1.54, 1.807) is 46.0 Å².